The Labute approximate surface area is 168 Å². The molecule has 0 saturated carbocycles. The van der Waals surface area contributed by atoms with Gasteiger partial charge in [-0.15, -0.1) is 0 Å². The van der Waals surface area contributed by atoms with Gasteiger partial charge in [0.2, 0.25) is 0 Å². The molecule has 29 heavy (non-hydrogen) atoms. The molecule has 0 aliphatic carbocycles. The highest BCUT2D eigenvalue weighted by Gasteiger charge is 2.34. The third-order valence-corrected chi connectivity index (χ3v) is 4.38. The molecular weight excluding hydrogens is 372 g/mol. The van der Waals surface area contributed by atoms with Crippen LogP contribution in [0.25, 0.3) is 0 Å². The van der Waals surface area contributed by atoms with Gasteiger partial charge < -0.3 is 20.1 Å². The van der Waals surface area contributed by atoms with Crippen molar-refractivity contribution in [2.24, 2.45) is 0 Å². The normalized spacial score (nSPS) is 15.9. The molecule has 1 aliphatic heterocycles. The van der Waals surface area contributed by atoms with Crippen LogP contribution in [-0.2, 0) is 14.3 Å². The van der Waals surface area contributed by atoms with Gasteiger partial charge >= 0.3 is 18.0 Å². The number of hydrogen-bond donors (Lipinski definition) is 2. The lowest BCUT2D eigenvalue weighted by atomic mass is 9.95. The Balaban J connectivity index is 1.91. The van der Waals surface area contributed by atoms with Crippen molar-refractivity contribution in [3.8, 4) is 0 Å². The maximum absolute atomic E-state index is 12.6. The quantitative estimate of drug-likeness (QED) is 0.735. The van der Waals surface area contributed by atoms with Gasteiger partial charge in [0.15, 0.2) is 0 Å². The number of amides is 2. The van der Waals surface area contributed by atoms with E-state index in [1.807, 2.05) is 31.2 Å². The van der Waals surface area contributed by atoms with E-state index >= 15 is 0 Å². The molecule has 0 radical (unpaired) electrons. The van der Waals surface area contributed by atoms with E-state index in [-0.39, 0.29) is 24.5 Å². The molecule has 150 valence electrons. The summed E-state index contributed by atoms with van der Waals surface area (Å²) in [5, 5.41) is 5.30. The molecule has 3 rings (SSSR count). The number of carbonyl (C=O) groups excluding carboxylic acids is 3. The van der Waals surface area contributed by atoms with E-state index in [1.54, 1.807) is 37.3 Å². The molecule has 0 aromatic heterocycles. The number of carbonyl (C=O) groups is 3. The first-order chi connectivity index (χ1) is 14.0. The molecule has 0 bridgehead atoms. The summed E-state index contributed by atoms with van der Waals surface area (Å²) in [6, 6.07) is 14.8. The summed E-state index contributed by atoms with van der Waals surface area (Å²) in [7, 11) is 0. The van der Waals surface area contributed by atoms with E-state index < -0.39 is 24.0 Å². The van der Waals surface area contributed by atoms with Crippen molar-refractivity contribution in [3.63, 3.8) is 0 Å². The smallest absolute Gasteiger partial charge is 0.338 e. The first kappa shape index (κ1) is 20.1. The molecule has 1 atom stereocenters. The second kappa shape index (κ2) is 9.05. The Kier molecular flexibility index (Phi) is 6.29. The van der Waals surface area contributed by atoms with Crippen molar-refractivity contribution >= 4 is 18.0 Å². The maximum atomic E-state index is 12.6. The molecule has 7 nitrogen and oxygen atoms in total. The topological polar surface area (TPSA) is 93.7 Å². The first-order valence-electron chi connectivity index (χ1n) is 9.26. The highest BCUT2D eigenvalue weighted by atomic mass is 16.5. The Morgan fingerprint density at radius 1 is 1.00 bits per heavy atom. The molecule has 0 spiro atoms. The van der Waals surface area contributed by atoms with Crippen molar-refractivity contribution in [2.75, 3.05) is 13.2 Å². The van der Waals surface area contributed by atoms with Crippen LogP contribution >= 0.6 is 0 Å². The Morgan fingerprint density at radius 3 is 2.45 bits per heavy atom. The van der Waals surface area contributed by atoms with Gasteiger partial charge in [0.05, 0.1) is 29.5 Å². The standard InChI is InChI=1S/C22H22N2O5/c1-3-28-21(26)18-17(13-29-20(25)16-11-7-8-14(2)12-16)23-22(27)24-19(18)15-9-5-4-6-10-15/h4-12,19H,3,13H2,1-2H3,(H2,23,24,27)/t19-/m0/s1. The molecule has 2 amide bonds. The third kappa shape index (κ3) is 4.82. The lowest BCUT2D eigenvalue weighted by Gasteiger charge is -2.29. The van der Waals surface area contributed by atoms with Crippen LogP contribution in [0, 0.1) is 6.92 Å². The Morgan fingerprint density at radius 2 is 1.76 bits per heavy atom. The SMILES string of the molecule is CCOC(=O)C1=C(COC(=O)c2cccc(C)c2)NC(=O)N[C@H]1c1ccccc1. The fourth-order valence-electron chi connectivity index (χ4n) is 3.07. The molecule has 0 fully saturated rings. The highest BCUT2D eigenvalue weighted by molar-refractivity contribution is 5.95. The molecule has 2 aromatic rings. The van der Waals surface area contributed by atoms with Crippen LogP contribution in [0.1, 0.15) is 34.5 Å². The molecule has 2 aromatic carbocycles. The van der Waals surface area contributed by atoms with Gasteiger partial charge in [0.1, 0.15) is 6.61 Å². The summed E-state index contributed by atoms with van der Waals surface area (Å²) in [5.41, 5.74) is 2.43. The molecule has 2 N–H and O–H groups in total. The maximum Gasteiger partial charge on any atom is 0.338 e. The summed E-state index contributed by atoms with van der Waals surface area (Å²) in [5.74, 6) is -1.14. The fourth-order valence-corrected chi connectivity index (χ4v) is 3.07. The lowest BCUT2D eigenvalue weighted by Crippen LogP contribution is -2.47. The average molecular weight is 394 g/mol. The van der Waals surface area contributed by atoms with Crippen LogP contribution < -0.4 is 10.6 Å². The number of nitrogens with one attached hydrogen (secondary N) is 2. The van der Waals surface area contributed by atoms with Crippen LogP contribution in [0.15, 0.2) is 65.9 Å². The number of aryl methyl sites for hydroxylation is 1. The first-order valence-corrected chi connectivity index (χ1v) is 9.26. The van der Waals surface area contributed by atoms with Gasteiger partial charge in [-0.1, -0.05) is 48.0 Å². The number of rotatable bonds is 6. The van der Waals surface area contributed by atoms with Gasteiger partial charge in [-0.2, -0.15) is 0 Å². The number of esters is 2. The van der Waals surface area contributed by atoms with Gasteiger partial charge in [0.25, 0.3) is 0 Å². The van der Waals surface area contributed by atoms with Gasteiger partial charge in [-0.05, 0) is 31.5 Å². The van der Waals surface area contributed by atoms with Gasteiger partial charge in [0, 0.05) is 0 Å². The van der Waals surface area contributed by atoms with E-state index in [4.69, 9.17) is 9.47 Å². The predicted molar refractivity (Wildman–Crippen MR) is 106 cm³/mol. The number of urea groups is 1. The number of benzene rings is 2. The van der Waals surface area contributed by atoms with Crippen molar-refractivity contribution in [2.45, 2.75) is 19.9 Å². The summed E-state index contributed by atoms with van der Waals surface area (Å²) in [6.07, 6.45) is 0. The van der Waals surface area contributed by atoms with Gasteiger partial charge in [-0.25, -0.2) is 14.4 Å². The summed E-state index contributed by atoms with van der Waals surface area (Å²) in [6.45, 7) is 3.48. The van der Waals surface area contributed by atoms with E-state index in [1.165, 1.54) is 0 Å². The Hall–Kier alpha value is -3.61. The van der Waals surface area contributed by atoms with Crippen LogP contribution in [0.4, 0.5) is 4.79 Å². The molecule has 1 aliphatic rings. The predicted octanol–water partition coefficient (Wildman–Crippen LogP) is 3.02. The van der Waals surface area contributed by atoms with Crippen molar-refractivity contribution in [3.05, 3.63) is 82.6 Å². The van der Waals surface area contributed by atoms with E-state index in [0.717, 1.165) is 5.56 Å². The van der Waals surface area contributed by atoms with E-state index in [9.17, 15) is 14.4 Å². The van der Waals surface area contributed by atoms with Crippen molar-refractivity contribution < 1.29 is 23.9 Å². The second-order valence-electron chi connectivity index (χ2n) is 6.50. The monoisotopic (exact) mass is 394 g/mol. The molecule has 1 heterocycles. The van der Waals surface area contributed by atoms with E-state index in [2.05, 4.69) is 10.6 Å². The van der Waals surface area contributed by atoms with Crippen LogP contribution in [0.2, 0.25) is 0 Å². The third-order valence-electron chi connectivity index (χ3n) is 4.38. The fraction of sp³-hybridized carbons (Fsp3) is 0.227. The summed E-state index contributed by atoms with van der Waals surface area (Å²) in [4.78, 5) is 37.2. The number of hydrogen-bond acceptors (Lipinski definition) is 5. The minimum Gasteiger partial charge on any atom is -0.463 e. The minimum atomic E-state index is -0.711. The van der Waals surface area contributed by atoms with Crippen LogP contribution in [0.3, 0.4) is 0 Å². The summed E-state index contributed by atoms with van der Waals surface area (Å²) >= 11 is 0. The van der Waals surface area contributed by atoms with Gasteiger partial charge in [-0.3, -0.25) is 0 Å². The second-order valence-corrected chi connectivity index (χ2v) is 6.50. The van der Waals surface area contributed by atoms with Crippen LogP contribution in [0.5, 0.6) is 0 Å². The van der Waals surface area contributed by atoms with E-state index in [0.29, 0.717) is 11.1 Å². The molecule has 0 unspecified atom stereocenters. The number of ether oxygens (including phenoxy) is 2. The van der Waals surface area contributed by atoms with Crippen molar-refractivity contribution in [1.82, 2.24) is 10.6 Å². The highest BCUT2D eigenvalue weighted by Crippen LogP contribution is 2.28. The zero-order chi connectivity index (χ0) is 20.8. The largest absolute Gasteiger partial charge is 0.463 e. The average Bonchev–Trinajstić information content (AvgIpc) is 2.72. The zero-order valence-corrected chi connectivity index (χ0v) is 16.2. The lowest BCUT2D eigenvalue weighted by molar-refractivity contribution is -0.139. The molecule has 0 saturated heterocycles. The zero-order valence-electron chi connectivity index (χ0n) is 16.2. The molecular formula is C22H22N2O5. The minimum absolute atomic E-state index is 0.175. The van der Waals surface area contributed by atoms with Crippen LogP contribution in [-0.4, -0.2) is 31.2 Å². The van der Waals surface area contributed by atoms with Crippen molar-refractivity contribution in [1.29, 1.82) is 0 Å². The Bertz CT molecular complexity index is 953. The molecule has 7 heteroatoms. The summed E-state index contributed by atoms with van der Waals surface area (Å²) < 4.78 is 10.5.